The number of hydrogen-bond acceptors (Lipinski definition) is 7. The molecule has 206 valence electrons. The number of amides is 2. The summed E-state index contributed by atoms with van der Waals surface area (Å²) in [6, 6.07) is 8.89. The lowest BCUT2D eigenvalue weighted by atomic mass is 10.0. The number of likely N-dealkylation sites (tertiary alicyclic amines) is 1. The van der Waals surface area contributed by atoms with Crippen molar-refractivity contribution in [1.29, 1.82) is 0 Å². The molecule has 0 radical (unpaired) electrons. The second kappa shape index (κ2) is 9.74. The van der Waals surface area contributed by atoms with Crippen LogP contribution in [0.4, 0.5) is 5.82 Å². The monoisotopic (exact) mass is 603 g/mol. The van der Waals surface area contributed by atoms with Crippen LogP contribution in [0.25, 0.3) is 22.0 Å². The number of nitrogens with zero attached hydrogens (tertiary/aromatic N) is 6. The van der Waals surface area contributed by atoms with Gasteiger partial charge in [0.2, 0.25) is 11.8 Å². The molecule has 2 amide bonds. The van der Waals surface area contributed by atoms with E-state index in [0.717, 1.165) is 34.0 Å². The van der Waals surface area contributed by atoms with E-state index < -0.39 is 12.1 Å². The quantitative estimate of drug-likeness (QED) is 0.314. The summed E-state index contributed by atoms with van der Waals surface area (Å²) in [6.45, 7) is 7.45. The number of carbonyl (C=O) groups excluding carboxylic acids is 2. The smallest absolute Gasteiger partial charge is 0.248 e. The third-order valence-electron chi connectivity index (χ3n) is 8.10. The molecule has 2 N–H and O–H groups in total. The van der Waals surface area contributed by atoms with Gasteiger partial charge < -0.3 is 15.3 Å². The van der Waals surface area contributed by atoms with Gasteiger partial charge in [0.25, 0.3) is 0 Å². The summed E-state index contributed by atoms with van der Waals surface area (Å²) < 4.78 is 2.25. The van der Waals surface area contributed by atoms with E-state index >= 15 is 0 Å². The van der Waals surface area contributed by atoms with Crippen LogP contribution in [0.5, 0.6) is 0 Å². The summed E-state index contributed by atoms with van der Waals surface area (Å²) in [5.74, 6) is 0.745. The van der Waals surface area contributed by atoms with Gasteiger partial charge in [-0.3, -0.25) is 14.3 Å². The van der Waals surface area contributed by atoms with Crippen LogP contribution in [0.3, 0.4) is 0 Å². The maximum atomic E-state index is 13.8. The number of hydrogen-bond donors (Lipinski definition) is 2. The topological polar surface area (TPSA) is 126 Å². The Labute approximate surface area is 240 Å². The van der Waals surface area contributed by atoms with Crippen LogP contribution in [0.1, 0.15) is 49.9 Å². The maximum Gasteiger partial charge on any atom is 0.248 e. The van der Waals surface area contributed by atoms with Gasteiger partial charge in [-0.25, -0.2) is 15.0 Å². The minimum Gasteiger partial charge on any atom is -0.387 e. The molecule has 1 saturated carbocycles. The second-order valence-electron chi connectivity index (χ2n) is 11.2. The molecule has 4 aromatic rings. The molecule has 1 aliphatic carbocycles. The second-order valence-corrected chi connectivity index (χ2v) is 12.0. The molecule has 10 nitrogen and oxygen atoms in total. The first-order valence-corrected chi connectivity index (χ1v) is 14.1. The number of anilines is 1. The molecule has 3 aromatic heterocycles. The third kappa shape index (κ3) is 4.66. The van der Waals surface area contributed by atoms with E-state index in [-0.39, 0.29) is 29.8 Å². The molecule has 0 spiro atoms. The molecular weight excluding hydrogens is 574 g/mol. The Bertz CT molecular complexity index is 1650. The van der Waals surface area contributed by atoms with Gasteiger partial charge in [0.15, 0.2) is 0 Å². The number of aliphatic hydroxyl groups excluding tert-OH is 1. The Morgan fingerprint density at radius 3 is 2.62 bits per heavy atom. The number of rotatable bonds is 6. The van der Waals surface area contributed by atoms with Gasteiger partial charge in [0, 0.05) is 29.4 Å². The highest BCUT2D eigenvalue weighted by Gasteiger charge is 2.64. The number of pyridine rings is 1. The van der Waals surface area contributed by atoms with E-state index in [1.807, 2.05) is 44.2 Å². The number of aryl methyl sites for hydroxylation is 2. The van der Waals surface area contributed by atoms with Gasteiger partial charge in [-0.2, -0.15) is 5.10 Å². The average molecular weight is 605 g/mol. The van der Waals surface area contributed by atoms with Gasteiger partial charge in [-0.15, -0.1) is 0 Å². The first-order chi connectivity index (χ1) is 19.0. The summed E-state index contributed by atoms with van der Waals surface area (Å²) in [7, 11) is 0. The van der Waals surface area contributed by atoms with Crippen molar-refractivity contribution in [3.63, 3.8) is 0 Å². The molecule has 11 heteroatoms. The number of benzene rings is 1. The van der Waals surface area contributed by atoms with Crippen LogP contribution in [0.15, 0.2) is 47.3 Å². The normalized spacial score (nSPS) is 22.3. The first-order valence-electron chi connectivity index (χ1n) is 13.3. The standard InChI is InChI=1S/C29H30BrN7O3/c1-15-5-8-24(30)33-27(15)34-28(40)22-10-29(4)11-23(29)37(22)25(39)14-36-21-7-6-18(19-12-31-17(3)32-13-19)9-20(21)26(35-36)16(2)38/h5-9,12-13,16,22-23,38H,10-11,14H2,1-4H3,(H,33,34,40)/t16?,22-,23+,29-/m0/s1. The van der Waals surface area contributed by atoms with Gasteiger partial charge in [-0.05, 0) is 84.3 Å². The predicted octanol–water partition coefficient (Wildman–Crippen LogP) is 4.34. The van der Waals surface area contributed by atoms with Crippen LogP contribution >= 0.6 is 15.9 Å². The average Bonchev–Trinajstić information content (AvgIpc) is 3.28. The molecule has 6 rings (SSSR count). The molecule has 1 unspecified atom stereocenters. The lowest BCUT2D eigenvalue weighted by Gasteiger charge is -2.27. The fourth-order valence-corrected chi connectivity index (χ4v) is 6.07. The zero-order valence-electron chi connectivity index (χ0n) is 22.7. The fraction of sp³-hybridized carbons (Fsp3) is 0.379. The van der Waals surface area contributed by atoms with Crippen LogP contribution in [0, 0.1) is 19.3 Å². The summed E-state index contributed by atoms with van der Waals surface area (Å²) in [6.07, 6.45) is 4.16. The van der Waals surface area contributed by atoms with E-state index in [0.29, 0.717) is 28.4 Å². The highest BCUT2D eigenvalue weighted by Crippen LogP contribution is 2.59. The Hall–Kier alpha value is -3.70. The molecule has 2 aliphatic rings. The Kier molecular flexibility index (Phi) is 6.46. The van der Waals surface area contributed by atoms with Gasteiger partial charge in [-0.1, -0.05) is 19.1 Å². The van der Waals surface area contributed by atoms with Crippen LogP contribution in [-0.2, 0) is 16.1 Å². The van der Waals surface area contributed by atoms with Crippen molar-refractivity contribution in [2.24, 2.45) is 5.41 Å². The van der Waals surface area contributed by atoms with Crippen molar-refractivity contribution >= 4 is 44.5 Å². The van der Waals surface area contributed by atoms with Crippen molar-refractivity contribution in [2.75, 3.05) is 5.32 Å². The molecule has 1 saturated heterocycles. The first kappa shape index (κ1) is 26.5. The Morgan fingerprint density at radius 1 is 1.15 bits per heavy atom. The molecule has 4 atom stereocenters. The molecule has 4 heterocycles. The van der Waals surface area contributed by atoms with Crippen molar-refractivity contribution in [1.82, 2.24) is 29.6 Å². The van der Waals surface area contributed by atoms with E-state index in [2.05, 4.69) is 48.2 Å². The zero-order valence-corrected chi connectivity index (χ0v) is 24.3. The molecule has 2 fully saturated rings. The van der Waals surface area contributed by atoms with Crippen molar-refractivity contribution in [3.8, 4) is 11.1 Å². The van der Waals surface area contributed by atoms with Crippen LogP contribution < -0.4 is 5.32 Å². The van der Waals surface area contributed by atoms with Gasteiger partial charge in [0.05, 0.1) is 17.3 Å². The van der Waals surface area contributed by atoms with Gasteiger partial charge >= 0.3 is 0 Å². The molecule has 0 bridgehead atoms. The van der Waals surface area contributed by atoms with Crippen LogP contribution in [-0.4, -0.2) is 58.6 Å². The summed E-state index contributed by atoms with van der Waals surface area (Å²) in [4.78, 5) is 41.9. The van der Waals surface area contributed by atoms with Crippen LogP contribution in [0.2, 0.25) is 0 Å². The number of aliphatic hydroxyl groups is 1. The predicted molar refractivity (Wildman–Crippen MR) is 153 cm³/mol. The van der Waals surface area contributed by atoms with Crippen molar-refractivity contribution in [2.45, 2.75) is 65.3 Å². The Balaban J connectivity index is 1.28. The minimum absolute atomic E-state index is 0.0125. The summed E-state index contributed by atoms with van der Waals surface area (Å²) in [5, 5.41) is 18.8. The molecule has 1 aliphatic heterocycles. The number of fused-ring (bicyclic) bond motifs is 2. The molecule has 40 heavy (non-hydrogen) atoms. The number of carbonyl (C=O) groups is 2. The number of piperidine rings is 1. The molecular formula is C29H30BrN7O3. The number of aromatic nitrogens is 5. The van der Waals surface area contributed by atoms with E-state index in [4.69, 9.17) is 0 Å². The highest BCUT2D eigenvalue weighted by molar-refractivity contribution is 9.10. The third-order valence-corrected chi connectivity index (χ3v) is 8.55. The molecule has 1 aromatic carbocycles. The lowest BCUT2D eigenvalue weighted by molar-refractivity contribution is -0.138. The van der Waals surface area contributed by atoms with E-state index in [1.54, 1.807) is 28.9 Å². The van der Waals surface area contributed by atoms with Crippen molar-refractivity contribution in [3.05, 3.63) is 64.4 Å². The Morgan fingerprint density at radius 2 is 1.90 bits per heavy atom. The SMILES string of the molecule is Cc1ncc(-c2ccc3c(c2)c(C(C)O)nn3CC(=O)N2[C@H](C(=O)Nc3nc(Br)ccc3C)C[C@@]3(C)C[C@@H]23)cn1. The number of halogens is 1. The fourth-order valence-electron chi connectivity index (χ4n) is 5.76. The maximum absolute atomic E-state index is 13.8. The highest BCUT2D eigenvalue weighted by atomic mass is 79.9. The zero-order chi connectivity index (χ0) is 28.3. The van der Waals surface area contributed by atoms with Crippen molar-refractivity contribution < 1.29 is 14.7 Å². The van der Waals surface area contributed by atoms with E-state index in [1.165, 1.54) is 0 Å². The van der Waals surface area contributed by atoms with E-state index in [9.17, 15) is 14.7 Å². The largest absolute Gasteiger partial charge is 0.387 e. The summed E-state index contributed by atoms with van der Waals surface area (Å²) >= 11 is 3.36. The lowest BCUT2D eigenvalue weighted by Crippen LogP contribution is -2.47. The van der Waals surface area contributed by atoms with Gasteiger partial charge in [0.1, 0.15) is 28.8 Å². The summed E-state index contributed by atoms with van der Waals surface area (Å²) in [5.41, 5.74) is 3.73. The minimum atomic E-state index is -0.832. The number of nitrogens with one attached hydrogen (secondary N) is 1.